The SMILES string of the molecule is CO[C@H]1C[C@@H]2CC[C@@H](C)[C@@](O)(O2)C(=O)C(=O)N2CCCC[C@H]2C(=O)O[C@H]([C@H](C)C[C@@H]2CC[C@H](n3cc(CN4CCN(C)CC4)nn3)[C@H](OC)C2)CC(=O)[C@H](C)/C=C(\C)[C@@H](O)[C@@H](OC)C(=O)[C@H](C)C[C@H](C)/C=C/C=C/C=C/1C. The van der Waals surface area contributed by atoms with E-state index in [0.29, 0.717) is 56.9 Å². The number of aliphatic hydroxyl groups is 2. The molecule has 77 heavy (non-hydrogen) atoms. The number of cyclic esters (lactones) is 1. The van der Waals surface area contributed by atoms with Gasteiger partial charge in [-0.3, -0.25) is 24.1 Å². The minimum atomic E-state index is -2.44. The number of hydrogen-bond donors (Lipinski definition) is 2. The molecule has 430 valence electrons. The number of esters is 1. The summed E-state index contributed by atoms with van der Waals surface area (Å²) in [4.78, 5) is 77.7. The molecule has 2 bridgehead atoms. The van der Waals surface area contributed by atoms with Gasteiger partial charge < -0.3 is 43.7 Å². The highest BCUT2D eigenvalue weighted by atomic mass is 16.6. The van der Waals surface area contributed by atoms with Crippen molar-refractivity contribution in [2.75, 3.05) is 61.1 Å². The average Bonchev–Trinajstić information content (AvgIpc) is 3.88. The van der Waals surface area contributed by atoms with Gasteiger partial charge in [0.05, 0.1) is 36.2 Å². The van der Waals surface area contributed by atoms with Gasteiger partial charge in [0.15, 0.2) is 5.78 Å². The van der Waals surface area contributed by atoms with E-state index in [2.05, 4.69) is 27.2 Å². The van der Waals surface area contributed by atoms with Crippen molar-refractivity contribution < 1.29 is 57.9 Å². The Morgan fingerprint density at radius 2 is 1.58 bits per heavy atom. The van der Waals surface area contributed by atoms with Gasteiger partial charge in [-0.25, -0.2) is 9.48 Å². The molecular weight excluding hydrogens is 985 g/mol. The standard InChI is InChI=1S/C59H92N6O12/c1-37-17-13-12-14-18-38(2)50(73-9)33-46-22-20-43(7)59(72,77-46)56(69)57(70)64-24-16-15-19-48(64)58(71)76-51(34-49(66)39(3)30-42(6)54(68)55(75-11)53(67)41(5)29-37)40(4)31-44-21-23-47(52(32-44)74-10)65-36-45(60-61-65)35-63-27-25-62(8)26-28-63/h12-14,17-18,30,36-37,39-41,43-44,46-48,50-52,54-55,68,72H,15-16,19-29,31-35H2,1-11H3/b14-12+,17-13+,38-18+,42-30+/t37-,39-,40-,41-,43-,44+,46+,47+,48+,50+,51+,52-,54-,55+,59-/m1/s1. The number of Topliss-reactive ketones (excluding diaryl/α,β-unsaturated/α-hetero) is 3. The Labute approximate surface area is 457 Å². The quantitative estimate of drug-likeness (QED) is 0.156. The first-order valence-corrected chi connectivity index (χ1v) is 28.5. The van der Waals surface area contributed by atoms with Gasteiger partial charge in [-0.05, 0) is 114 Å². The Morgan fingerprint density at radius 1 is 0.844 bits per heavy atom. The molecule has 0 spiro atoms. The Morgan fingerprint density at radius 3 is 2.29 bits per heavy atom. The molecule has 18 heteroatoms. The summed E-state index contributed by atoms with van der Waals surface area (Å²) in [7, 11) is 6.82. The normalized spacial score (nSPS) is 37.7. The molecule has 4 fully saturated rings. The van der Waals surface area contributed by atoms with Crippen molar-refractivity contribution in [2.45, 2.75) is 187 Å². The molecule has 1 aromatic heterocycles. The highest BCUT2D eigenvalue weighted by Crippen LogP contribution is 2.40. The van der Waals surface area contributed by atoms with Crippen LogP contribution in [0.15, 0.2) is 53.8 Å². The Bertz CT molecular complexity index is 2270. The predicted octanol–water partition coefficient (Wildman–Crippen LogP) is 6.40. The van der Waals surface area contributed by atoms with Crippen molar-refractivity contribution in [2.24, 2.45) is 35.5 Å². The van der Waals surface area contributed by atoms with Gasteiger partial charge in [0.1, 0.15) is 30.1 Å². The minimum Gasteiger partial charge on any atom is -0.460 e. The molecule has 1 amide bonds. The van der Waals surface area contributed by atoms with E-state index in [1.54, 1.807) is 41.1 Å². The summed E-state index contributed by atoms with van der Waals surface area (Å²) in [6.45, 7) is 17.6. The zero-order valence-corrected chi connectivity index (χ0v) is 48.0. The number of piperazine rings is 1. The summed E-state index contributed by atoms with van der Waals surface area (Å²) in [5.41, 5.74) is 2.20. The number of allylic oxidation sites excluding steroid dienone is 6. The molecule has 6 rings (SSSR count). The van der Waals surface area contributed by atoms with Crippen LogP contribution in [0, 0.1) is 35.5 Å². The van der Waals surface area contributed by atoms with E-state index in [1.807, 2.05) is 69.0 Å². The van der Waals surface area contributed by atoms with Crippen molar-refractivity contribution in [1.29, 1.82) is 0 Å². The third kappa shape index (κ3) is 16.2. The van der Waals surface area contributed by atoms with E-state index < -0.39 is 77.8 Å². The molecule has 3 saturated heterocycles. The zero-order chi connectivity index (χ0) is 56.1. The van der Waals surface area contributed by atoms with Crippen LogP contribution < -0.4 is 0 Å². The van der Waals surface area contributed by atoms with Crippen LogP contribution in [0.2, 0.25) is 0 Å². The van der Waals surface area contributed by atoms with Gasteiger partial charge in [0.25, 0.3) is 11.7 Å². The lowest BCUT2D eigenvalue weighted by atomic mass is 9.77. The fraction of sp³-hybridized carbons (Fsp3) is 0.746. The smallest absolute Gasteiger partial charge is 0.329 e. The van der Waals surface area contributed by atoms with Gasteiger partial charge in [-0.15, -0.1) is 5.10 Å². The topological polar surface area (TPSA) is 212 Å². The number of likely N-dealkylation sites (N-methyl/N-ethyl adjacent to an activating group) is 1. The number of amides is 1. The highest BCUT2D eigenvalue weighted by Gasteiger charge is 2.53. The second-order valence-corrected chi connectivity index (χ2v) is 23.4. The molecule has 0 aromatic carbocycles. The largest absolute Gasteiger partial charge is 0.460 e. The molecule has 1 aliphatic carbocycles. The van der Waals surface area contributed by atoms with Crippen LogP contribution in [0.4, 0.5) is 0 Å². The number of rotatable bonds is 9. The summed E-state index contributed by atoms with van der Waals surface area (Å²) in [5.74, 6) is -7.90. The lowest BCUT2D eigenvalue weighted by Gasteiger charge is -2.42. The molecule has 0 radical (unpaired) electrons. The predicted molar refractivity (Wildman–Crippen MR) is 291 cm³/mol. The number of ether oxygens (including phenoxy) is 5. The third-order valence-electron chi connectivity index (χ3n) is 17.4. The second-order valence-electron chi connectivity index (χ2n) is 23.4. The van der Waals surface area contributed by atoms with Gasteiger partial charge in [0, 0.05) is 91.2 Å². The van der Waals surface area contributed by atoms with E-state index in [4.69, 9.17) is 23.7 Å². The van der Waals surface area contributed by atoms with E-state index in [1.165, 1.54) is 12.0 Å². The van der Waals surface area contributed by atoms with Crippen LogP contribution in [0.1, 0.15) is 137 Å². The summed E-state index contributed by atoms with van der Waals surface area (Å²) in [6.07, 6.45) is 14.5. The first-order chi connectivity index (χ1) is 36.7. The fourth-order valence-electron chi connectivity index (χ4n) is 12.2. The number of carbonyl (C=O) groups excluding carboxylic acids is 5. The Balaban J connectivity index is 1.26. The molecule has 4 aliphatic heterocycles. The molecule has 5 aliphatic rings. The van der Waals surface area contributed by atoms with Crippen molar-refractivity contribution in [1.82, 2.24) is 29.7 Å². The minimum absolute atomic E-state index is 0.0154. The Kier molecular flexibility index (Phi) is 23.1. The number of methoxy groups -OCH3 is 3. The molecule has 2 N–H and O–H groups in total. The van der Waals surface area contributed by atoms with E-state index in [9.17, 15) is 34.2 Å². The number of fused-ring (bicyclic) bond motifs is 3. The third-order valence-corrected chi connectivity index (χ3v) is 17.4. The van der Waals surface area contributed by atoms with Crippen LogP contribution in [-0.4, -0.2) is 179 Å². The molecule has 0 unspecified atom stereocenters. The summed E-state index contributed by atoms with van der Waals surface area (Å²) in [6, 6.07) is -1.17. The Hall–Kier alpha value is -4.27. The highest BCUT2D eigenvalue weighted by molar-refractivity contribution is 6.39. The molecule has 18 nitrogen and oxygen atoms in total. The zero-order valence-electron chi connectivity index (χ0n) is 48.0. The van der Waals surface area contributed by atoms with E-state index in [-0.39, 0.29) is 60.9 Å². The summed E-state index contributed by atoms with van der Waals surface area (Å²) >= 11 is 0. The van der Waals surface area contributed by atoms with Crippen LogP contribution in [0.5, 0.6) is 0 Å². The van der Waals surface area contributed by atoms with Crippen LogP contribution in [-0.2, 0) is 54.2 Å². The van der Waals surface area contributed by atoms with Gasteiger partial charge in [-0.2, -0.15) is 0 Å². The lowest BCUT2D eigenvalue weighted by molar-refractivity contribution is -0.265. The number of piperidine rings is 1. The summed E-state index contributed by atoms with van der Waals surface area (Å²) in [5, 5.41) is 32.7. The van der Waals surface area contributed by atoms with Crippen molar-refractivity contribution in [3.63, 3.8) is 0 Å². The van der Waals surface area contributed by atoms with Gasteiger partial charge in [0.2, 0.25) is 5.79 Å². The first-order valence-electron chi connectivity index (χ1n) is 28.5. The van der Waals surface area contributed by atoms with Gasteiger partial charge in [-0.1, -0.05) is 76.3 Å². The van der Waals surface area contributed by atoms with Crippen LogP contribution in [0.3, 0.4) is 0 Å². The van der Waals surface area contributed by atoms with Crippen molar-refractivity contribution in [3.05, 3.63) is 59.5 Å². The summed E-state index contributed by atoms with van der Waals surface area (Å²) < 4.78 is 32.2. The maximum Gasteiger partial charge on any atom is 0.329 e. The number of carbonyl (C=O) groups is 5. The number of nitrogens with zero attached hydrogens (tertiary/aromatic N) is 6. The van der Waals surface area contributed by atoms with Crippen LogP contribution >= 0.6 is 0 Å². The maximum absolute atomic E-state index is 14.7. The van der Waals surface area contributed by atoms with E-state index >= 15 is 0 Å². The number of ketones is 3. The molecule has 5 heterocycles. The van der Waals surface area contributed by atoms with Crippen LogP contribution in [0.25, 0.3) is 0 Å². The van der Waals surface area contributed by atoms with Crippen molar-refractivity contribution >= 4 is 29.2 Å². The lowest BCUT2D eigenvalue weighted by Crippen LogP contribution is -2.61. The number of hydrogen-bond acceptors (Lipinski definition) is 16. The van der Waals surface area contributed by atoms with Crippen molar-refractivity contribution in [3.8, 4) is 0 Å². The van der Waals surface area contributed by atoms with E-state index in [0.717, 1.165) is 56.8 Å². The number of aromatic nitrogens is 3. The second kappa shape index (κ2) is 28.7. The first kappa shape index (κ1) is 61.9. The number of aliphatic hydroxyl groups excluding tert-OH is 1. The maximum atomic E-state index is 14.7. The van der Waals surface area contributed by atoms with Gasteiger partial charge >= 0.3 is 5.97 Å². The molecule has 15 atom stereocenters. The average molecular weight is 1080 g/mol. The monoisotopic (exact) mass is 1080 g/mol. The molecule has 1 aromatic rings. The molecule has 1 saturated carbocycles. The molecular formula is C59H92N6O12. The fourth-order valence-corrected chi connectivity index (χ4v) is 12.2.